The molecule has 2 N–H and O–H groups in total. The molecule has 2 aromatic rings. The number of likely N-dealkylation sites (tertiary alicyclic amines) is 1. The average molecular weight is 345 g/mol. The Balaban J connectivity index is 0.00000208. The summed E-state index contributed by atoms with van der Waals surface area (Å²) in [5.74, 6) is 0.0425. The van der Waals surface area contributed by atoms with Crippen molar-refractivity contribution in [1.29, 1.82) is 0 Å². The number of nitrogens with two attached hydrogens (primary N) is 1. The van der Waals surface area contributed by atoms with E-state index in [9.17, 15) is 4.79 Å². The monoisotopic (exact) mass is 344 g/mol. The molecule has 1 fully saturated rings. The molecule has 2 aromatic carbocycles. The van der Waals surface area contributed by atoms with Crippen molar-refractivity contribution in [1.82, 2.24) is 4.90 Å². The molecule has 1 heterocycles. The first kappa shape index (κ1) is 18.5. The Kier molecular flexibility index (Phi) is 6.03. The second kappa shape index (κ2) is 7.82. The van der Waals surface area contributed by atoms with Gasteiger partial charge in [-0.05, 0) is 30.9 Å². The lowest BCUT2D eigenvalue weighted by Crippen LogP contribution is -2.52. The zero-order valence-electron chi connectivity index (χ0n) is 14.0. The van der Waals surface area contributed by atoms with E-state index in [1.54, 1.807) is 6.92 Å². The van der Waals surface area contributed by atoms with Crippen LogP contribution in [-0.4, -0.2) is 29.9 Å². The van der Waals surface area contributed by atoms with Crippen molar-refractivity contribution in [3.63, 3.8) is 0 Å². The van der Waals surface area contributed by atoms with Gasteiger partial charge in [0.1, 0.15) is 0 Å². The smallest absolute Gasteiger partial charge is 0.239 e. The number of carbonyl (C=O) groups is 1. The summed E-state index contributed by atoms with van der Waals surface area (Å²) in [4.78, 5) is 14.4. The van der Waals surface area contributed by atoms with E-state index < -0.39 is 6.04 Å². The van der Waals surface area contributed by atoms with Crippen LogP contribution in [-0.2, 0) is 10.2 Å². The van der Waals surface area contributed by atoms with Crippen LogP contribution in [0.2, 0.25) is 0 Å². The molecule has 1 saturated heterocycles. The highest BCUT2D eigenvalue weighted by Crippen LogP contribution is 2.40. The summed E-state index contributed by atoms with van der Waals surface area (Å²) in [6.45, 7) is 3.26. The largest absolute Gasteiger partial charge is 0.340 e. The Bertz CT molecular complexity index is 618. The molecule has 1 aliphatic heterocycles. The van der Waals surface area contributed by atoms with Crippen molar-refractivity contribution >= 4 is 18.3 Å². The molecule has 1 amide bonds. The maximum absolute atomic E-state index is 12.4. The molecule has 128 valence electrons. The number of piperidine rings is 1. The highest BCUT2D eigenvalue weighted by atomic mass is 35.5. The van der Waals surface area contributed by atoms with Crippen LogP contribution in [0.25, 0.3) is 0 Å². The Labute approximate surface area is 150 Å². The fourth-order valence-corrected chi connectivity index (χ4v) is 3.68. The lowest BCUT2D eigenvalue weighted by Gasteiger charge is -2.44. The second-order valence-electron chi connectivity index (χ2n) is 6.47. The van der Waals surface area contributed by atoms with Crippen molar-refractivity contribution in [2.75, 3.05) is 13.1 Å². The second-order valence-corrected chi connectivity index (χ2v) is 6.47. The highest BCUT2D eigenvalue weighted by Gasteiger charge is 2.40. The quantitative estimate of drug-likeness (QED) is 0.928. The molecular weight excluding hydrogens is 320 g/mol. The molecule has 3 rings (SSSR count). The summed E-state index contributed by atoms with van der Waals surface area (Å²) in [7, 11) is 0. The minimum atomic E-state index is -0.447. The topological polar surface area (TPSA) is 46.3 Å². The van der Waals surface area contributed by atoms with Crippen LogP contribution in [0, 0.1) is 0 Å². The van der Waals surface area contributed by atoms with Gasteiger partial charge in [0.2, 0.25) is 5.91 Å². The summed E-state index contributed by atoms with van der Waals surface area (Å²) in [5.41, 5.74) is 8.24. The molecule has 1 aliphatic rings. The van der Waals surface area contributed by atoms with E-state index in [1.165, 1.54) is 11.1 Å². The first-order valence-electron chi connectivity index (χ1n) is 8.29. The van der Waals surface area contributed by atoms with E-state index in [1.807, 2.05) is 17.0 Å². The minimum absolute atomic E-state index is 0. The van der Waals surface area contributed by atoms with E-state index in [0.29, 0.717) is 6.54 Å². The van der Waals surface area contributed by atoms with Gasteiger partial charge in [0, 0.05) is 18.5 Å². The minimum Gasteiger partial charge on any atom is -0.340 e. The van der Waals surface area contributed by atoms with Gasteiger partial charge in [0.15, 0.2) is 0 Å². The van der Waals surface area contributed by atoms with Gasteiger partial charge in [-0.15, -0.1) is 12.4 Å². The molecule has 0 radical (unpaired) electrons. The van der Waals surface area contributed by atoms with E-state index in [4.69, 9.17) is 5.73 Å². The summed E-state index contributed by atoms with van der Waals surface area (Å²) < 4.78 is 0. The third-order valence-electron chi connectivity index (χ3n) is 4.85. The van der Waals surface area contributed by atoms with E-state index in [2.05, 4.69) is 48.5 Å². The molecule has 0 saturated carbocycles. The van der Waals surface area contributed by atoms with E-state index in [-0.39, 0.29) is 23.7 Å². The van der Waals surface area contributed by atoms with E-state index in [0.717, 1.165) is 19.4 Å². The molecule has 4 heteroatoms. The van der Waals surface area contributed by atoms with E-state index >= 15 is 0 Å². The zero-order valence-corrected chi connectivity index (χ0v) is 14.8. The number of carbonyl (C=O) groups excluding carboxylic acids is 1. The molecule has 0 unspecified atom stereocenters. The van der Waals surface area contributed by atoms with Gasteiger partial charge in [0.25, 0.3) is 0 Å². The number of hydrogen-bond acceptors (Lipinski definition) is 2. The maximum Gasteiger partial charge on any atom is 0.239 e. The normalized spacial score (nSPS) is 17.7. The Morgan fingerprint density at radius 3 is 2.00 bits per heavy atom. The van der Waals surface area contributed by atoms with Gasteiger partial charge in [-0.3, -0.25) is 4.79 Å². The fraction of sp³-hybridized carbons (Fsp3) is 0.350. The maximum atomic E-state index is 12.4. The number of amides is 1. The first-order chi connectivity index (χ1) is 11.1. The Morgan fingerprint density at radius 1 is 1.04 bits per heavy atom. The average Bonchev–Trinajstić information content (AvgIpc) is 2.62. The lowest BCUT2D eigenvalue weighted by atomic mass is 9.69. The van der Waals surface area contributed by atoms with Crippen molar-refractivity contribution < 1.29 is 4.79 Å². The summed E-state index contributed by atoms with van der Waals surface area (Å²) in [5, 5.41) is 0. The number of halogens is 1. The SMILES string of the molecule is C[C@H](N)C(=O)N1CCCC(c2ccccc2)(c2ccccc2)C1.Cl. The molecule has 24 heavy (non-hydrogen) atoms. The van der Waals surface area contributed by atoms with Crippen molar-refractivity contribution in [3.8, 4) is 0 Å². The van der Waals surface area contributed by atoms with Crippen LogP contribution >= 0.6 is 12.4 Å². The van der Waals surface area contributed by atoms with Crippen LogP contribution in [0.1, 0.15) is 30.9 Å². The van der Waals surface area contributed by atoms with Gasteiger partial charge in [0.05, 0.1) is 6.04 Å². The summed E-state index contributed by atoms with van der Waals surface area (Å²) >= 11 is 0. The Hall–Kier alpha value is -1.84. The van der Waals surface area contributed by atoms with Crippen LogP contribution in [0.3, 0.4) is 0 Å². The van der Waals surface area contributed by atoms with Crippen molar-refractivity contribution in [2.45, 2.75) is 31.2 Å². The van der Waals surface area contributed by atoms with Crippen LogP contribution in [0.4, 0.5) is 0 Å². The number of benzene rings is 2. The van der Waals surface area contributed by atoms with Crippen LogP contribution in [0.15, 0.2) is 60.7 Å². The molecule has 0 aromatic heterocycles. The van der Waals surface area contributed by atoms with Gasteiger partial charge >= 0.3 is 0 Å². The molecule has 0 spiro atoms. The number of nitrogens with zero attached hydrogens (tertiary/aromatic N) is 1. The molecule has 0 bridgehead atoms. The zero-order chi connectivity index (χ0) is 16.3. The van der Waals surface area contributed by atoms with Gasteiger partial charge < -0.3 is 10.6 Å². The first-order valence-corrected chi connectivity index (χ1v) is 8.29. The molecular formula is C20H25ClN2O. The number of hydrogen-bond donors (Lipinski definition) is 1. The lowest BCUT2D eigenvalue weighted by molar-refractivity contribution is -0.134. The third kappa shape index (κ3) is 3.47. The van der Waals surface area contributed by atoms with Crippen LogP contribution < -0.4 is 5.73 Å². The predicted octanol–water partition coefficient (Wildman–Crippen LogP) is 3.36. The molecule has 0 aliphatic carbocycles. The van der Waals surface area contributed by atoms with Gasteiger partial charge in [-0.25, -0.2) is 0 Å². The molecule has 3 nitrogen and oxygen atoms in total. The van der Waals surface area contributed by atoms with Crippen LogP contribution in [0.5, 0.6) is 0 Å². The van der Waals surface area contributed by atoms with Crippen molar-refractivity contribution in [3.05, 3.63) is 71.8 Å². The summed E-state index contributed by atoms with van der Waals surface area (Å²) in [6.07, 6.45) is 2.03. The Morgan fingerprint density at radius 2 is 1.54 bits per heavy atom. The fourth-order valence-electron chi connectivity index (χ4n) is 3.68. The summed E-state index contributed by atoms with van der Waals surface area (Å²) in [6, 6.07) is 20.6. The predicted molar refractivity (Wildman–Crippen MR) is 100 cm³/mol. The molecule has 1 atom stereocenters. The van der Waals surface area contributed by atoms with Gasteiger partial charge in [-0.1, -0.05) is 60.7 Å². The standard InChI is InChI=1S/C20H24N2O.ClH/c1-16(21)19(23)22-14-8-13-20(15-22,17-9-4-2-5-10-17)18-11-6-3-7-12-18;/h2-7,9-12,16H,8,13-15,21H2,1H3;1H/t16-;/m0./s1. The van der Waals surface area contributed by atoms with Gasteiger partial charge in [-0.2, -0.15) is 0 Å². The highest BCUT2D eigenvalue weighted by molar-refractivity contribution is 5.85. The third-order valence-corrected chi connectivity index (χ3v) is 4.85. The van der Waals surface area contributed by atoms with Crippen molar-refractivity contribution in [2.24, 2.45) is 5.73 Å². The number of rotatable bonds is 3.